The summed E-state index contributed by atoms with van der Waals surface area (Å²) >= 11 is 3.56. The Labute approximate surface area is 114 Å². The van der Waals surface area contributed by atoms with Gasteiger partial charge in [-0.05, 0) is 28.5 Å². The minimum absolute atomic E-state index is 0.310. The molecule has 0 radical (unpaired) electrons. The molecule has 18 heavy (non-hydrogen) atoms. The number of hydrogen-bond donors (Lipinski definition) is 1. The van der Waals surface area contributed by atoms with E-state index in [0.29, 0.717) is 5.75 Å². The molecule has 3 aromatic carbocycles. The Morgan fingerprint density at radius 2 is 1.33 bits per heavy atom. The minimum Gasteiger partial charge on any atom is -0.507 e. The Morgan fingerprint density at radius 1 is 0.667 bits per heavy atom. The van der Waals surface area contributed by atoms with Gasteiger partial charge in [-0.15, -0.1) is 0 Å². The van der Waals surface area contributed by atoms with Crippen LogP contribution in [0.2, 0.25) is 0 Å². The van der Waals surface area contributed by atoms with E-state index in [4.69, 9.17) is 0 Å². The second-order valence-corrected chi connectivity index (χ2v) is 5.01. The van der Waals surface area contributed by atoms with E-state index in [9.17, 15) is 5.11 Å². The maximum atomic E-state index is 9.98. The lowest BCUT2D eigenvalue weighted by molar-refractivity contribution is 0.477. The highest BCUT2D eigenvalue weighted by atomic mass is 79.9. The lowest BCUT2D eigenvalue weighted by Gasteiger charge is -2.09. The van der Waals surface area contributed by atoms with Crippen LogP contribution in [0.4, 0.5) is 0 Å². The second-order valence-electron chi connectivity index (χ2n) is 4.16. The molecular formula is C16H11BrO. The predicted octanol–water partition coefficient (Wildman–Crippen LogP) is 4.97. The average Bonchev–Trinajstić information content (AvgIpc) is 2.41. The van der Waals surface area contributed by atoms with E-state index >= 15 is 0 Å². The Morgan fingerprint density at radius 3 is 2.11 bits per heavy atom. The third kappa shape index (κ3) is 1.79. The van der Waals surface area contributed by atoms with Crippen molar-refractivity contribution in [2.75, 3.05) is 0 Å². The number of phenolic OH excluding ortho intramolecular Hbond substituents is 1. The molecule has 88 valence electrons. The minimum atomic E-state index is 0.310. The van der Waals surface area contributed by atoms with Crippen molar-refractivity contribution in [1.29, 1.82) is 0 Å². The molecule has 0 saturated heterocycles. The maximum Gasteiger partial charge on any atom is 0.123 e. The summed E-state index contributed by atoms with van der Waals surface area (Å²) in [5.74, 6) is 0.310. The van der Waals surface area contributed by atoms with Crippen molar-refractivity contribution in [3.63, 3.8) is 0 Å². The van der Waals surface area contributed by atoms with Crippen molar-refractivity contribution in [3.05, 3.63) is 65.1 Å². The van der Waals surface area contributed by atoms with Gasteiger partial charge < -0.3 is 5.11 Å². The first-order chi connectivity index (χ1) is 8.77. The van der Waals surface area contributed by atoms with Crippen LogP contribution in [0, 0.1) is 0 Å². The topological polar surface area (TPSA) is 20.2 Å². The monoisotopic (exact) mass is 298 g/mol. The molecule has 0 aliphatic carbocycles. The fourth-order valence-electron chi connectivity index (χ4n) is 2.20. The Kier molecular flexibility index (Phi) is 2.80. The quantitative estimate of drug-likeness (QED) is 0.672. The predicted molar refractivity (Wildman–Crippen MR) is 78.7 cm³/mol. The second kappa shape index (κ2) is 4.46. The third-order valence-electron chi connectivity index (χ3n) is 3.07. The van der Waals surface area contributed by atoms with Crippen LogP contribution in [0.15, 0.2) is 65.1 Å². The molecule has 0 aliphatic heterocycles. The maximum absolute atomic E-state index is 9.98. The zero-order valence-electron chi connectivity index (χ0n) is 9.60. The van der Waals surface area contributed by atoms with Crippen LogP contribution in [0.5, 0.6) is 5.75 Å². The van der Waals surface area contributed by atoms with Crippen LogP contribution < -0.4 is 0 Å². The summed E-state index contributed by atoms with van der Waals surface area (Å²) in [7, 11) is 0. The van der Waals surface area contributed by atoms with Gasteiger partial charge in [0.05, 0.1) is 0 Å². The van der Waals surface area contributed by atoms with Gasteiger partial charge in [0.25, 0.3) is 0 Å². The van der Waals surface area contributed by atoms with Gasteiger partial charge in [-0.1, -0.05) is 64.5 Å². The average molecular weight is 299 g/mol. The normalized spacial score (nSPS) is 10.7. The summed E-state index contributed by atoms with van der Waals surface area (Å²) in [5, 5.41) is 12.3. The van der Waals surface area contributed by atoms with Gasteiger partial charge in [-0.2, -0.15) is 0 Å². The molecular weight excluding hydrogens is 288 g/mol. The fraction of sp³-hybridized carbons (Fsp3) is 0. The number of aromatic hydroxyl groups is 1. The molecule has 0 atom stereocenters. The Bertz CT molecular complexity index is 719. The lowest BCUT2D eigenvalue weighted by atomic mass is 9.98. The summed E-state index contributed by atoms with van der Waals surface area (Å²) in [6.45, 7) is 0. The van der Waals surface area contributed by atoms with E-state index in [-0.39, 0.29) is 0 Å². The number of para-hydroxylation sites is 1. The number of rotatable bonds is 1. The van der Waals surface area contributed by atoms with Gasteiger partial charge in [0.1, 0.15) is 5.75 Å². The van der Waals surface area contributed by atoms with Gasteiger partial charge in [0.15, 0.2) is 0 Å². The standard InChI is InChI=1S/C16H11BrO/c17-15-10-9-12(11-5-1-2-6-13(11)15)14-7-3-4-8-16(14)18/h1-10,18H. The van der Waals surface area contributed by atoms with Crippen LogP contribution >= 0.6 is 15.9 Å². The molecule has 0 bridgehead atoms. The van der Waals surface area contributed by atoms with Crippen LogP contribution in [0.1, 0.15) is 0 Å². The zero-order chi connectivity index (χ0) is 12.5. The highest BCUT2D eigenvalue weighted by Crippen LogP contribution is 2.36. The van der Waals surface area contributed by atoms with E-state index in [1.165, 1.54) is 0 Å². The van der Waals surface area contributed by atoms with Crippen molar-refractivity contribution in [1.82, 2.24) is 0 Å². The number of halogens is 1. The molecule has 0 saturated carbocycles. The molecule has 3 aromatic rings. The van der Waals surface area contributed by atoms with Gasteiger partial charge in [0.2, 0.25) is 0 Å². The highest BCUT2D eigenvalue weighted by molar-refractivity contribution is 9.10. The zero-order valence-corrected chi connectivity index (χ0v) is 11.2. The number of fused-ring (bicyclic) bond motifs is 1. The van der Waals surface area contributed by atoms with Crippen LogP contribution in [0.3, 0.4) is 0 Å². The van der Waals surface area contributed by atoms with E-state index in [1.54, 1.807) is 6.07 Å². The number of phenols is 1. The largest absolute Gasteiger partial charge is 0.507 e. The Balaban J connectivity index is 2.38. The van der Waals surface area contributed by atoms with Crippen LogP contribution in [-0.4, -0.2) is 5.11 Å². The van der Waals surface area contributed by atoms with Crippen molar-refractivity contribution in [2.45, 2.75) is 0 Å². The summed E-state index contributed by atoms with van der Waals surface area (Å²) in [6.07, 6.45) is 0. The van der Waals surface area contributed by atoms with E-state index in [0.717, 1.165) is 26.4 Å². The molecule has 3 rings (SSSR count). The molecule has 0 spiro atoms. The smallest absolute Gasteiger partial charge is 0.123 e. The van der Waals surface area contributed by atoms with Gasteiger partial charge >= 0.3 is 0 Å². The lowest BCUT2D eigenvalue weighted by Crippen LogP contribution is -1.83. The molecule has 1 N–H and O–H groups in total. The first-order valence-electron chi connectivity index (χ1n) is 5.73. The Hall–Kier alpha value is -1.80. The van der Waals surface area contributed by atoms with E-state index in [2.05, 4.69) is 28.1 Å². The molecule has 0 amide bonds. The first kappa shape index (κ1) is 11.3. The molecule has 0 heterocycles. The SMILES string of the molecule is Oc1ccccc1-c1ccc(Br)c2ccccc12. The summed E-state index contributed by atoms with van der Waals surface area (Å²) < 4.78 is 1.07. The van der Waals surface area contributed by atoms with Gasteiger partial charge in [0, 0.05) is 10.0 Å². The summed E-state index contributed by atoms with van der Waals surface area (Å²) in [4.78, 5) is 0. The van der Waals surface area contributed by atoms with Crippen molar-refractivity contribution in [3.8, 4) is 16.9 Å². The van der Waals surface area contributed by atoms with E-state index in [1.807, 2.05) is 42.5 Å². The number of benzene rings is 3. The van der Waals surface area contributed by atoms with Gasteiger partial charge in [-0.25, -0.2) is 0 Å². The van der Waals surface area contributed by atoms with Crippen molar-refractivity contribution < 1.29 is 5.11 Å². The van der Waals surface area contributed by atoms with Crippen molar-refractivity contribution in [2.24, 2.45) is 0 Å². The van der Waals surface area contributed by atoms with E-state index < -0.39 is 0 Å². The highest BCUT2D eigenvalue weighted by Gasteiger charge is 2.08. The van der Waals surface area contributed by atoms with Crippen molar-refractivity contribution >= 4 is 26.7 Å². The summed E-state index contributed by atoms with van der Waals surface area (Å²) in [6, 6.07) is 19.6. The van der Waals surface area contributed by atoms with Crippen LogP contribution in [0.25, 0.3) is 21.9 Å². The molecule has 1 nitrogen and oxygen atoms in total. The summed E-state index contributed by atoms with van der Waals surface area (Å²) in [5.41, 5.74) is 1.91. The molecule has 0 fully saturated rings. The van der Waals surface area contributed by atoms with Gasteiger partial charge in [-0.3, -0.25) is 0 Å². The first-order valence-corrected chi connectivity index (χ1v) is 6.52. The van der Waals surface area contributed by atoms with Crippen LogP contribution in [-0.2, 0) is 0 Å². The molecule has 0 aromatic heterocycles. The molecule has 2 heteroatoms. The number of hydrogen-bond acceptors (Lipinski definition) is 1. The third-order valence-corrected chi connectivity index (χ3v) is 3.76. The molecule has 0 unspecified atom stereocenters. The fourth-order valence-corrected chi connectivity index (χ4v) is 2.68. The molecule has 0 aliphatic rings.